The van der Waals surface area contributed by atoms with Crippen LogP contribution in [0.4, 0.5) is 0 Å². The summed E-state index contributed by atoms with van der Waals surface area (Å²) in [6.07, 6.45) is 1.96. The lowest BCUT2D eigenvalue weighted by molar-refractivity contribution is 0.397. The van der Waals surface area contributed by atoms with E-state index in [1.54, 1.807) is 14.2 Å². The molecule has 114 valence electrons. The van der Waals surface area contributed by atoms with Crippen molar-refractivity contribution in [3.8, 4) is 11.5 Å². The first-order valence-corrected chi connectivity index (χ1v) is 7.28. The Bertz CT molecular complexity index is 765. The highest BCUT2D eigenvalue weighted by Crippen LogP contribution is 2.24. The van der Waals surface area contributed by atoms with E-state index < -0.39 is 0 Å². The minimum absolute atomic E-state index is 0.728. The fourth-order valence-electron chi connectivity index (χ4n) is 2.57. The number of aromatic amines is 1. The molecule has 4 nitrogen and oxygen atoms in total. The molecule has 0 aliphatic heterocycles. The second-order valence-electron chi connectivity index (χ2n) is 5.18. The number of hydrogen-bond acceptors (Lipinski definition) is 3. The van der Waals surface area contributed by atoms with E-state index >= 15 is 0 Å². The highest BCUT2D eigenvalue weighted by Gasteiger charge is 2.05. The number of methoxy groups -OCH3 is 2. The zero-order valence-electron chi connectivity index (χ0n) is 12.8. The molecule has 0 radical (unpaired) electrons. The monoisotopic (exact) mass is 296 g/mol. The van der Waals surface area contributed by atoms with Gasteiger partial charge in [-0.15, -0.1) is 0 Å². The molecule has 0 saturated carbocycles. The smallest absolute Gasteiger partial charge is 0.123 e. The van der Waals surface area contributed by atoms with Crippen LogP contribution in [0.25, 0.3) is 10.9 Å². The normalized spacial score (nSPS) is 10.8. The van der Waals surface area contributed by atoms with Gasteiger partial charge in [-0.1, -0.05) is 6.07 Å². The van der Waals surface area contributed by atoms with Crippen LogP contribution in [0, 0.1) is 0 Å². The standard InChI is InChI=1S/C18H20N2O2/c1-21-16-4-6-18(22-2)15(10-16)12-19-11-13-3-5-17-14(9-13)7-8-20-17/h3-10,19-20H,11-12H2,1-2H3. The number of aromatic nitrogens is 1. The van der Waals surface area contributed by atoms with Crippen LogP contribution in [0.2, 0.25) is 0 Å². The lowest BCUT2D eigenvalue weighted by Crippen LogP contribution is -2.13. The van der Waals surface area contributed by atoms with Crippen LogP contribution >= 0.6 is 0 Å². The van der Waals surface area contributed by atoms with Crippen LogP contribution in [-0.2, 0) is 13.1 Å². The van der Waals surface area contributed by atoms with Gasteiger partial charge in [-0.25, -0.2) is 0 Å². The second-order valence-corrected chi connectivity index (χ2v) is 5.18. The molecule has 0 amide bonds. The molecule has 3 aromatic rings. The molecule has 4 heteroatoms. The summed E-state index contributed by atoms with van der Waals surface area (Å²) in [5, 5.41) is 4.69. The van der Waals surface area contributed by atoms with Crippen molar-refractivity contribution in [2.24, 2.45) is 0 Å². The largest absolute Gasteiger partial charge is 0.497 e. The first-order valence-electron chi connectivity index (χ1n) is 7.28. The van der Waals surface area contributed by atoms with Gasteiger partial charge in [0.15, 0.2) is 0 Å². The zero-order valence-corrected chi connectivity index (χ0v) is 12.8. The maximum Gasteiger partial charge on any atom is 0.123 e. The molecule has 0 saturated heterocycles. The number of nitrogens with one attached hydrogen (secondary N) is 2. The molecule has 0 unspecified atom stereocenters. The first kappa shape index (κ1) is 14.5. The number of hydrogen-bond donors (Lipinski definition) is 2. The van der Waals surface area contributed by atoms with Crippen molar-refractivity contribution in [1.29, 1.82) is 0 Å². The molecule has 0 aliphatic rings. The van der Waals surface area contributed by atoms with Crippen molar-refractivity contribution in [3.05, 3.63) is 59.8 Å². The van der Waals surface area contributed by atoms with E-state index in [9.17, 15) is 0 Å². The van der Waals surface area contributed by atoms with Crippen LogP contribution in [0.15, 0.2) is 48.7 Å². The van der Waals surface area contributed by atoms with E-state index in [1.807, 2.05) is 24.4 Å². The molecule has 0 spiro atoms. The maximum absolute atomic E-state index is 5.40. The maximum atomic E-state index is 5.40. The number of ether oxygens (including phenoxy) is 2. The zero-order chi connectivity index (χ0) is 15.4. The van der Waals surface area contributed by atoms with Gasteiger partial charge in [0, 0.05) is 30.4 Å². The predicted molar refractivity (Wildman–Crippen MR) is 88.4 cm³/mol. The topological polar surface area (TPSA) is 46.3 Å². The van der Waals surface area contributed by atoms with E-state index in [0.29, 0.717) is 0 Å². The number of fused-ring (bicyclic) bond motifs is 1. The summed E-state index contributed by atoms with van der Waals surface area (Å²) in [4.78, 5) is 3.21. The van der Waals surface area contributed by atoms with Gasteiger partial charge in [0.2, 0.25) is 0 Å². The van der Waals surface area contributed by atoms with Crippen LogP contribution in [0.5, 0.6) is 11.5 Å². The molecule has 2 aromatic carbocycles. The molecule has 2 N–H and O–H groups in total. The van der Waals surface area contributed by atoms with Crippen molar-refractivity contribution in [2.45, 2.75) is 13.1 Å². The van der Waals surface area contributed by atoms with Crippen LogP contribution in [-0.4, -0.2) is 19.2 Å². The second kappa shape index (κ2) is 6.54. The molecule has 1 aromatic heterocycles. The fraction of sp³-hybridized carbons (Fsp3) is 0.222. The van der Waals surface area contributed by atoms with E-state index in [0.717, 1.165) is 30.2 Å². The predicted octanol–water partition coefficient (Wildman–Crippen LogP) is 3.47. The first-order chi connectivity index (χ1) is 10.8. The number of rotatable bonds is 6. The molecule has 0 fully saturated rings. The van der Waals surface area contributed by atoms with Gasteiger partial charge in [0.1, 0.15) is 11.5 Å². The van der Waals surface area contributed by atoms with Crippen molar-refractivity contribution < 1.29 is 9.47 Å². The fourth-order valence-corrected chi connectivity index (χ4v) is 2.57. The van der Waals surface area contributed by atoms with Gasteiger partial charge in [-0.05, 0) is 47.3 Å². The Balaban J connectivity index is 1.67. The third-order valence-corrected chi connectivity index (χ3v) is 3.75. The Kier molecular flexibility index (Phi) is 4.30. The average Bonchev–Trinajstić information content (AvgIpc) is 3.02. The van der Waals surface area contributed by atoms with E-state index in [4.69, 9.17) is 9.47 Å². The van der Waals surface area contributed by atoms with Crippen LogP contribution in [0.3, 0.4) is 0 Å². The lowest BCUT2D eigenvalue weighted by atomic mass is 10.1. The quantitative estimate of drug-likeness (QED) is 0.732. The van der Waals surface area contributed by atoms with Crippen LogP contribution < -0.4 is 14.8 Å². The summed E-state index contributed by atoms with van der Waals surface area (Å²) < 4.78 is 10.7. The van der Waals surface area contributed by atoms with E-state index in [-0.39, 0.29) is 0 Å². The van der Waals surface area contributed by atoms with Crippen molar-refractivity contribution in [2.75, 3.05) is 14.2 Å². The molecular formula is C18H20N2O2. The summed E-state index contributed by atoms with van der Waals surface area (Å²) in [7, 11) is 3.36. The average molecular weight is 296 g/mol. The summed E-state index contributed by atoms with van der Waals surface area (Å²) in [5.41, 5.74) is 3.51. The Hall–Kier alpha value is -2.46. The molecule has 22 heavy (non-hydrogen) atoms. The Morgan fingerprint density at radius 2 is 1.86 bits per heavy atom. The van der Waals surface area contributed by atoms with Gasteiger partial charge in [-0.2, -0.15) is 0 Å². The number of benzene rings is 2. The lowest BCUT2D eigenvalue weighted by Gasteiger charge is -2.11. The van der Waals surface area contributed by atoms with Crippen molar-refractivity contribution in [1.82, 2.24) is 10.3 Å². The molecule has 3 rings (SSSR count). The van der Waals surface area contributed by atoms with Gasteiger partial charge < -0.3 is 19.8 Å². The van der Waals surface area contributed by atoms with Gasteiger partial charge in [-0.3, -0.25) is 0 Å². The third-order valence-electron chi connectivity index (χ3n) is 3.75. The molecule has 0 atom stereocenters. The molecule has 1 heterocycles. The summed E-state index contributed by atoms with van der Waals surface area (Å²) in [6, 6.07) is 14.4. The molecular weight excluding hydrogens is 276 g/mol. The summed E-state index contributed by atoms with van der Waals surface area (Å²) in [6.45, 7) is 1.53. The SMILES string of the molecule is COc1ccc(OC)c(CNCc2ccc3[nH]ccc3c2)c1. The number of H-pyrrole nitrogens is 1. The van der Waals surface area contributed by atoms with Crippen LogP contribution in [0.1, 0.15) is 11.1 Å². The molecule has 0 aliphatic carbocycles. The van der Waals surface area contributed by atoms with Gasteiger partial charge in [0.05, 0.1) is 14.2 Å². The molecule has 0 bridgehead atoms. The third kappa shape index (κ3) is 3.07. The Morgan fingerprint density at radius 3 is 2.68 bits per heavy atom. The van der Waals surface area contributed by atoms with E-state index in [2.05, 4.69) is 34.6 Å². The van der Waals surface area contributed by atoms with E-state index in [1.165, 1.54) is 16.5 Å². The minimum Gasteiger partial charge on any atom is -0.497 e. The summed E-state index contributed by atoms with van der Waals surface area (Å²) >= 11 is 0. The highest BCUT2D eigenvalue weighted by molar-refractivity contribution is 5.79. The van der Waals surface area contributed by atoms with Crippen molar-refractivity contribution in [3.63, 3.8) is 0 Å². The van der Waals surface area contributed by atoms with Gasteiger partial charge in [0.25, 0.3) is 0 Å². The Labute approximate surface area is 130 Å². The Morgan fingerprint density at radius 1 is 0.955 bits per heavy atom. The van der Waals surface area contributed by atoms with Gasteiger partial charge >= 0.3 is 0 Å². The van der Waals surface area contributed by atoms with Crippen molar-refractivity contribution >= 4 is 10.9 Å². The minimum atomic E-state index is 0.728. The summed E-state index contributed by atoms with van der Waals surface area (Å²) in [5.74, 6) is 1.71. The highest BCUT2D eigenvalue weighted by atomic mass is 16.5.